The highest BCUT2D eigenvalue weighted by atomic mass is 35.5. The van der Waals surface area contributed by atoms with Crippen LogP contribution in [-0.4, -0.2) is 11.7 Å². The van der Waals surface area contributed by atoms with Crippen LogP contribution in [0, 0.1) is 17.2 Å². The number of amides is 1. The van der Waals surface area contributed by atoms with Crippen molar-refractivity contribution >= 4 is 40.6 Å². The molecule has 1 atom stereocenters. The van der Waals surface area contributed by atoms with E-state index in [1.807, 2.05) is 0 Å². The first-order chi connectivity index (χ1) is 10.5. The van der Waals surface area contributed by atoms with Crippen LogP contribution in [0.25, 0.3) is 0 Å². The summed E-state index contributed by atoms with van der Waals surface area (Å²) in [4.78, 5) is 24.4. The smallest absolute Gasteiger partial charge is 0.249 e. The average Bonchev–Trinajstić information content (AvgIpc) is 2.51. The molecule has 0 unspecified atom stereocenters. The Bertz CT molecular complexity index is 751. The summed E-state index contributed by atoms with van der Waals surface area (Å²) in [5, 5.41) is 12.4. The van der Waals surface area contributed by atoms with Gasteiger partial charge in [-0.05, 0) is 36.4 Å². The summed E-state index contributed by atoms with van der Waals surface area (Å²) in [5.41, 5.74) is 0.587. The van der Waals surface area contributed by atoms with Gasteiger partial charge in [0.15, 0.2) is 11.7 Å². The molecule has 0 bridgehead atoms. The van der Waals surface area contributed by atoms with Crippen LogP contribution in [0.1, 0.15) is 10.4 Å². The minimum atomic E-state index is -1.46. The highest BCUT2D eigenvalue weighted by Gasteiger charge is 2.27. The summed E-state index contributed by atoms with van der Waals surface area (Å²) >= 11 is 11.7. The normalized spacial score (nSPS) is 11.3. The zero-order valence-electron chi connectivity index (χ0n) is 11.2. The summed E-state index contributed by atoms with van der Waals surface area (Å²) in [7, 11) is 0. The quantitative estimate of drug-likeness (QED) is 0.680. The monoisotopic (exact) mass is 332 g/mol. The number of nitriles is 1. The largest absolute Gasteiger partial charge is 0.323 e. The van der Waals surface area contributed by atoms with Crippen molar-refractivity contribution in [2.75, 3.05) is 5.32 Å². The van der Waals surface area contributed by atoms with Crippen molar-refractivity contribution in [1.82, 2.24) is 0 Å². The third-order valence-corrected chi connectivity index (χ3v) is 3.50. The average molecular weight is 333 g/mol. The maximum atomic E-state index is 12.2. The molecule has 2 rings (SSSR count). The van der Waals surface area contributed by atoms with Crippen LogP contribution in [0.4, 0.5) is 5.69 Å². The molecule has 0 aromatic heterocycles. The van der Waals surface area contributed by atoms with Gasteiger partial charge in [0.05, 0.1) is 16.8 Å². The number of carbonyl (C=O) groups is 2. The van der Waals surface area contributed by atoms with Gasteiger partial charge in [-0.3, -0.25) is 9.59 Å². The first-order valence-electron chi connectivity index (χ1n) is 6.27. The lowest BCUT2D eigenvalue weighted by Gasteiger charge is -2.10. The molecule has 4 nitrogen and oxygen atoms in total. The van der Waals surface area contributed by atoms with E-state index in [0.717, 1.165) is 0 Å². The van der Waals surface area contributed by atoms with Crippen molar-refractivity contribution in [3.8, 4) is 6.07 Å². The molecule has 0 saturated heterocycles. The number of para-hydroxylation sites is 1. The van der Waals surface area contributed by atoms with Crippen molar-refractivity contribution < 1.29 is 9.59 Å². The Kier molecular flexibility index (Phi) is 5.16. The molecule has 6 heteroatoms. The number of nitrogens with one attached hydrogen (secondary N) is 1. The van der Waals surface area contributed by atoms with Gasteiger partial charge in [-0.25, -0.2) is 0 Å². The van der Waals surface area contributed by atoms with Gasteiger partial charge in [0, 0.05) is 10.6 Å². The summed E-state index contributed by atoms with van der Waals surface area (Å²) in [5.74, 6) is -2.78. The van der Waals surface area contributed by atoms with E-state index < -0.39 is 17.6 Å². The van der Waals surface area contributed by atoms with E-state index in [9.17, 15) is 9.59 Å². The predicted octanol–water partition coefficient (Wildman–Crippen LogP) is 3.95. The van der Waals surface area contributed by atoms with Crippen LogP contribution in [-0.2, 0) is 4.79 Å². The number of ketones is 1. The van der Waals surface area contributed by atoms with Gasteiger partial charge in [-0.1, -0.05) is 35.3 Å². The molecule has 0 saturated carbocycles. The fourth-order valence-corrected chi connectivity index (χ4v) is 2.09. The first-order valence-corrected chi connectivity index (χ1v) is 7.03. The second-order valence-corrected chi connectivity index (χ2v) is 5.25. The SMILES string of the molecule is N#C[C@@H](C(=O)Nc1ccccc1Cl)C(=O)c1ccc(Cl)cc1. The number of nitrogens with zero attached hydrogens (tertiary/aromatic N) is 1. The van der Waals surface area contributed by atoms with Crippen LogP contribution in [0.15, 0.2) is 48.5 Å². The van der Waals surface area contributed by atoms with E-state index >= 15 is 0 Å². The second kappa shape index (κ2) is 7.08. The molecule has 0 aliphatic rings. The molecule has 0 heterocycles. The van der Waals surface area contributed by atoms with Gasteiger partial charge in [0.1, 0.15) is 0 Å². The van der Waals surface area contributed by atoms with Gasteiger partial charge in [-0.15, -0.1) is 0 Å². The summed E-state index contributed by atoms with van der Waals surface area (Å²) in [6, 6.07) is 14.3. The minimum Gasteiger partial charge on any atom is -0.323 e. The van der Waals surface area contributed by atoms with E-state index in [2.05, 4.69) is 5.32 Å². The maximum absolute atomic E-state index is 12.2. The van der Waals surface area contributed by atoms with Crippen LogP contribution in [0.5, 0.6) is 0 Å². The Labute approximate surface area is 137 Å². The Balaban J connectivity index is 2.19. The molecule has 0 spiro atoms. The van der Waals surface area contributed by atoms with E-state index in [1.54, 1.807) is 30.3 Å². The van der Waals surface area contributed by atoms with E-state index in [1.165, 1.54) is 24.3 Å². The number of hydrogen-bond acceptors (Lipinski definition) is 3. The third kappa shape index (κ3) is 3.64. The lowest BCUT2D eigenvalue weighted by molar-refractivity contribution is -0.117. The van der Waals surface area contributed by atoms with Gasteiger partial charge in [0.2, 0.25) is 5.91 Å². The zero-order valence-corrected chi connectivity index (χ0v) is 12.7. The fraction of sp³-hybridized carbons (Fsp3) is 0.0625. The first kappa shape index (κ1) is 16.0. The van der Waals surface area contributed by atoms with Gasteiger partial charge >= 0.3 is 0 Å². The molecule has 0 radical (unpaired) electrons. The van der Waals surface area contributed by atoms with Crippen LogP contribution >= 0.6 is 23.2 Å². The Hall–Kier alpha value is -2.35. The van der Waals surface area contributed by atoms with Crippen molar-refractivity contribution in [2.45, 2.75) is 0 Å². The second-order valence-electron chi connectivity index (χ2n) is 4.40. The van der Waals surface area contributed by atoms with E-state index in [0.29, 0.717) is 15.7 Å². The van der Waals surface area contributed by atoms with Gasteiger partial charge < -0.3 is 5.32 Å². The number of benzene rings is 2. The third-order valence-electron chi connectivity index (χ3n) is 2.91. The zero-order chi connectivity index (χ0) is 16.1. The number of carbonyl (C=O) groups excluding carboxylic acids is 2. The highest BCUT2D eigenvalue weighted by molar-refractivity contribution is 6.34. The molecule has 0 fully saturated rings. The van der Waals surface area contributed by atoms with Crippen molar-refractivity contribution in [2.24, 2.45) is 5.92 Å². The van der Waals surface area contributed by atoms with Crippen molar-refractivity contribution in [1.29, 1.82) is 5.26 Å². The van der Waals surface area contributed by atoms with E-state index in [-0.39, 0.29) is 5.56 Å². The van der Waals surface area contributed by atoms with Crippen LogP contribution < -0.4 is 5.32 Å². The van der Waals surface area contributed by atoms with Crippen molar-refractivity contribution in [3.05, 3.63) is 64.1 Å². The number of Topliss-reactive ketones (excluding diaryl/α,β-unsaturated/α-hetero) is 1. The Morgan fingerprint density at radius 3 is 2.27 bits per heavy atom. The molecule has 22 heavy (non-hydrogen) atoms. The summed E-state index contributed by atoms with van der Waals surface area (Å²) < 4.78 is 0. The minimum absolute atomic E-state index is 0.241. The predicted molar refractivity (Wildman–Crippen MR) is 85.0 cm³/mol. The lowest BCUT2D eigenvalue weighted by atomic mass is 9.98. The number of halogens is 2. The van der Waals surface area contributed by atoms with E-state index in [4.69, 9.17) is 28.5 Å². The van der Waals surface area contributed by atoms with Crippen molar-refractivity contribution in [3.63, 3.8) is 0 Å². The summed E-state index contributed by atoms with van der Waals surface area (Å²) in [6.45, 7) is 0. The molecular formula is C16H10Cl2N2O2. The Morgan fingerprint density at radius 1 is 1.05 bits per heavy atom. The molecule has 0 aliphatic heterocycles. The maximum Gasteiger partial charge on any atom is 0.249 e. The lowest BCUT2D eigenvalue weighted by Crippen LogP contribution is -2.28. The summed E-state index contributed by atoms with van der Waals surface area (Å²) in [6.07, 6.45) is 0. The molecule has 110 valence electrons. The molecule has 2 aromatic carbocycles. The number of hydrogen-bond donors (Lipinski definition) is 1. The molecule has 1 amide bonds. The van der Waals surface area contributed by atoms with Gasteiger partial charge in [-0.2, -0.15) is 5.26 Å². The molecule has 0 aliphatic carbocycles. The van der Waals surface area contributed by atoms with Crippen LogP contribution in [0.2, 0.25) is 10.0 Å². The topological polar surface area (TPSA) is 70.0 Å². The number of rotatable bonds is 4. The molecular weight excluding hydrogens is 323 g/mol. The highest BCUT2D eigenvalue weighted by Crippen LogP contribution is 2.22. The van der Waals surface area contributed by atoms with Gasteiger partial charge in [0.25, 0.3) is 0 Å². The van der Waals surface area contributed by atoms with Crippen LogP contribution in [0.3, 0.4) is 0 Å². The fourth-order valence-electron chi connectivity index (χ4n) is 1.78. The standard InChI is InChI=1S/C16H10Cl2N2O2/c17-11-7-5-10(6-8-11)15(21)12(9-19)16(22)20-14-4-2-1-3-13(14)18/h1-8,12H,(H,20,22)/t12-/m1/s1. The number of anilines is 1. The molecule has 1 N–H and O–H groups in total. The Morgan fingerprint density at radius 2 is 1.68 bits per heavy atom. The molecule has 2 aromatic rings.